The summed E-state index contributed by atoms with van der Waals surface area (Å²) >= 11 is 0. The number of primary amides is 1. The molecule has 1 atom stereocenters. The number of nitrogens with zero attached hydrogens (tertiary/aromatic N) is 1. The lowest BCUT2D eigenvalue weighted by molar-refractivity contribution is -0.133. The van der Waals surface area contributed by atoms with Crippen LogP contribution in [-0.4, -0.2) is 42.5 Å². The number of morpholine rings is 1. The Morgan fingerprint density at radius 2 is 1.85 bits per heavy atom. The highest BCUT2D eigenvalue weighted by Gasteiger charge is 2.29. The zero-order chi connectivity index (χ0) is 18.7. The molecular weight excluding hydrogens is 330 g/mol. The molecule has 1 saturated heterocycles. The lowest BCUT2D eigenvalue weighted by Crippen LogP contribution is -2.50. The smallest absolute Gasteiger partial charge is 0.256 e. The van der Waals surface area contributed by atoms with Gasteiger partial charge < -0.3 is 20.7 Å². The molecule has 2 aromatic carbocycles. The minimum Gasteiger partial charge on any atom is -0.367 e. The van der Waals surface area contributed by atoms with Crippen molar-refractivity contribution in [3.8, 4) is 0 Å². The van der Waals surface area contributed by atoms with Gasteiger partial charge in [-0.3, -0.25) is 9.59 Å². The Morgan fingerprint density at radius 3 is 2.62 bits per heavy atom. The third-order valence-electron chi connectivity index (χ3n) is 4.70. The zero-order valence-electron chi connectivity index (χ0n) is 15.0. The number of amides is 2. The number of nitrogens with one attached hydrogen (secondary N) is 1. The van der Waals surface area contributed by atoms with E-state index in [0.717, 1.165) is 16.9 Å². The van der Waals surface area contributed by atoms with E-state index in [1.165, 1.54) is 5.56 Å². The number of aryl methyl sites for hydroxylation is 1. The van der Waals surface area contributed by atoms with Gasteiger partial charge in [0.2, 0.25) is 5.91 Å². The molecule has 1 heterocycles. The summed E-state index contributed by atoms with van der Waals surface area (Å²) in [5.41, 5.74) is 9.87. The molecule has 1 aliphatic rings. The third-order valence-corrected chi connectivity index (χ3v) is 4.70. The molecule has 1 fully saturated rings. The van der Waals surface area contributed by atoms with Crippen LogP contribution in [0.25, 0.3) is 0 Å². The average molecular weight is 353 g/mol. The molecule has 0 radical (unpaired) electrons. The first-order valence-corrected chi connectivity index (χ1v) is 8.60. The molecule has 0 bridgehead atoms. The number of hydrogen-bond donors (Lipinski definition) is 2. The highest BCUT2D eigenvalue weighted by atomic mass is 16.5. The number of para-hydroxylation sites is 1. The number of nitrogens with two attached hydrogens (primary N) is 1. The van der Waals surface area contributed by atoms with Crippen LogP contribution in [0.15, 0.2) is 42.5 Å². The largest absolute Gasteiger partial charge is 0.367 e. The zero-order valence-corrected chi connectivity index (χ0v) is 15.0. The van der Waals surface area contributed by atoms with E-state index in [2.05, 4.69) is 18.3 Å². The van der Waals surface area contributed by atoms with Crippen LogP contribution >= 0.6 is 0 Å². The highest BCUT2D eigenvalue weighted by Crippen LogP contribution is 2.26. The van der Waals surface area contributed by atoms with Crippen LogP contribution in [0.5, 0.6) is 0 Å². The fourth-order valence-electron chi connectivity index (χ4n) is 2.99. The third kappa shape index (κ3) is 3.70. The molecular formula is C20H23N3O3. The number of ether oxygens (including phenoxy) is 1. The summed E-state index contributed by atoms with van der Waals surface area (Å²) in [6.45, 7) is 5.00. The van der Waals surface area contributed by atoms with Crippen LogP contribution in [0.1, 0.15) is 21.5 Å². The first-order valence-electron chi connectivity index (χ1n) is 8.60. The van der Waals surface area contributed by atoms with E-state index in [-0.39, 0.29) is 12.5 Å². The summed E-state index contributed by atoms with van der Waals surface area (Å²) in [6, 6.07) is 13.4. The molecule has 3 N–H and O–H groups in total. The van der Waals surface area contributed by atoms with Crippen LogP contribution in [0, 0.1) is 13.8 Å². The van der Waals surface area contributed by atoms with Crippen molar-refractivity contribution in [3.05, 3.63) is 59.2 Å². The number of rotatable bonds is 4. The van der Waals surface area contributed by atoms with E-state index < -0.39 is 12.0 Å². The van der Waals surface area contributed by atoms with E-state index in [1.807, 2.05) is 37.3 Å². The van der Waals surface area contributed by atoms with Gasteiger partial charge in [-0.2, -0.15) is 0 Å². The van der Waals surface area contributed by atoms with Crippen molar-refractivity contribution < 1.29 is 14.3 Å². The van der Waals surface area contributed by atoms with Gasteiger partial charge in [0.05, 0.1) is 24.4 Å². The molecule has 6 heteroatoms. The Kier molecular flexibility index (Phi) is 5.23. The summed E-state index contributed by atoms with van der Waals surface area (Å²) in [4.78, 5) is 26.0. The number of anilines is 2. The standard InChI is InChI=1S/C20H23N3O3/c1-13-6-5-9-16(14(13)2)22-17-8-4-3-7-15(17)20(25)23-10-11-26-18(12-23)19(21)24/h3-9,18,22H,10-12H2,1-2H3,(H2,21,24)/t18-/m0/s1. The molecule has 0 saturated carbocycles. The highest BCUT2D eigenvalue weighted by molar-refractivity contribution is 6.00. The van der Waals surface area contributed by atoms with Gasteiger partial charge in [-0.15, -0.1) is 0 Å². The van der Waals surface area contributed by atoms with Crippen LogP contribution in [0.3, 0.4) is 0 Å². The van der Waals surface area contributed by atoms with E-state index in [9.17, 15) is 9.59 Å². The van der Waals surface area contributed by atoms with Gasteiger partial charge in [0.15, 0.2) is 6.10 Å². The SMILES string of the molecule is Cc1cccc(Nc2ccccc2C(=O)N2CCO[C@H](C(N)=O)C2)c1C. The van der Waals surface area contributed by atoms with Crippen molar-refractivity contribution >= 4 is 23.2 Å². The summed E-state index contributed by atoms with van der Waals surface area (Å²) in [5.74, 6) is -0.697. The first-order chi connectivity index (χ1) is 12.5. The van der Waals surface area contributed by atoms with Gasteiger partial charge in [-0.1, -0.05) is 24.3 Å². The molecule has 0 spiro atoms. The Bertz CT molecular complexity index is 835. The fourth-order valence-corrected chi connectivity index (χ4v) is 2.99. The maximum absolute atomic E-state index is 13.0. The monoisotopic (exact) mass is 353 g/mol. The Labute approximate surface area is 152 Å². The van der Waals surface area contributed by atoms with E-state index in [1.54, 1.807) is 11.0 Å². The van der Waals surface area contributed by atoms with Gasteiger partial charge >= 0.3 is 0 Å². The van der Waals surface area contributed by atoms with Crippen LogP contribution in [0.4, 0.5) is 11.4 Å². The van der Waals surface area contributed by atoms with Crippen molar-refractivity contribution in [2.75, 3.05) is 25.0 Å². The Balaban J connectivity index is 1.86. The molecule has 6 nitrogen and oxygen atoms in total. The fraction of sp³-hybridized carbons (Fsp3) is 0.300. The van der Waals surface area contributed by atoms with Gasteiger partial charge in [-0.05, 0) is 43.2 Å². The first kappa shape index (κ1) is 17.9. The maximum atomic E-state index is 13.0. The lowest BCUT2D eigenvalue weighted by Gasteiger charge is -2.32. The van der Waals surface area contributed by atoms with Crippen LogP contribution in [-0.2, 0) is 9.53 Å². The van der Waals surface area contributed by atoms with Gasteiger partial charge in [-0.25, -0.2) is 0 Å². The molecule has 136 valence electrons. The molecule has 1 aliphatic heterocycles. The summed E-state index contributed by atoms with van der Waals surface area (Å²) in [7, 11) is 0. The van der Waals surface area contributed by atoms with E-state index in [0.29, 0.717) is 18.7 Å². The van der Waals surface area contributed by atoms with E-state index in [4.69, 9.17) is 10.5 Å². The second-order valence-corrected chi connectivity index (χ2v) is 6.43. The predicted octanol–water partition coefficient (Wildman–Crippen LogP) is 2.37. The normalized spacial score (nSPS) is 17.0. The van der Waals surface area contributed by atoms with Crippen molar-refractivity contribution in [3.63, 3.8) is 0 Å². The molecule has 0 aliphatic carbocycles. The topological polar surface area (TPSA) is 84.7 Å². The molecule has 0 unspecified atom stereocenters. The molecule has 2 aromatic rings. The second kappa shape index (κ2) is 7.58. The van der Waals surface area contributed by atoms with Crippen molar-refractivity contribution in [1.82, 2.24) is 4.90 Å². The van der Waals surface area contributed by atoms with Gasteiger partial charge in [0.1, 0.15) is 0 Å². The number of carbonyl (C=O) groups is 2. The predicted molar refractivity (Wildman–Crippen MR) is 100 cm³/mol. The second-order valence-electron chi connectivity index (χ2n) is 6.43. The number of hydrogen-bond acceptors (Lipinski definition) is 4. The number of benzene rings is 2. The van der Waals surface area contributed by atoms with Crippen LogP contribution in [0.2, 0.25) is 0 Å². The van der Waals surface area contributed by atoms with Crippen LogP contribution < -0.4 is 11.1 Å². The molecule has 26 heavy (non-hydrogen) atoms. The number of carbonyl (C=O) groups excluding carboxylic acids is 2. The molecule has 3 rings (SSSR count). The summed E-state index contributed by atoms with van der Waals surface area (Å²) in [6.07, 6.45) is -0.758. The Hall–Kier alpha value is -2.86. The summed E-state index contributed by atoms with van der Waals surface area (Å²) < 4.78 is 5.33. The maximum Gasteiger partial charge on any atom is 0.256 e. The van der Waals surface area contributed by atoms with Gasteiger partial charge in [0.25, 0.3) is 5.91 Å². The summed E-state index contributed by atoms with van der Waals surface area (Å²) in [5, 5.41) is 3.37. The molecule has 2 amide bonds. The average Bonchev–Trinajstić information content (AvgIpc) is 2.65. The van der Waals surface area contributed by atoms with Crippen molar-refractivity contribution in [2.24, 2.45) is 5.73 Å². The quantitative estimate of drug-likeness (QED) is 0.884. The lowest BCUT2D eigenvalue weighted by atomic mass is 10.1. The van der Waals surface area contributed by atoms with Crippen molar-refractivity contribution in [2.45, 2.75) is 20.0 Å². The van der Waals surface area contributed by atoms with E-state index >= 15 is 0 Å². The minimum absolute atomic E-state index is 0.145. The Morgan fingerprint density at radius 1 is 1.12 bits per heavy atom. The molecule has 0 aromatic heterocycles. The van der Waals surface area contributed by atoms with Gasteiger partial charge in [0, 0.05) is 12.2 Å². The van der Waals surface area contributed by atoms with Crippen molar-refractivity contribution in [1.29, 1.82) is 0 Å². The minimum atomic E-state index is -0.758.